The number of phenols is 1. The van der Waals surface area contributed by atoms with Crippen LogP contribution in [0.5, 0.6) is 5.75 Å². The molecule has 0 radical (unpaired) electrons. The zero-order valence-corrected chi connectivity index (χ0v) is 47.5. The monoisotopic (exact) mass is 1200 g/mol. The largest absolute Gasteiger partial charge is 0.508 e. The quantitative estimate of drug-likeness (QED) is 0.0207. The summed E-state index contributed by atoms with van der Waals surface area (Å²) in [4.78, 5) is 168. The van der Waals surface area contributed by atoms with Crippen LogP contribution in [-0.4, -0.2) is 175 Å². The number of carbonyl (C=O) groups is 12. The lowest BCUT2D eigenvalue weighted by atomic mass is 10.0. The molecule has 1 heterocycles. The van der Waals surface area contributed by atoms with E-state index in [1.165, 1.54) is 55.5 Å². The van der Waals surface area contributed by atoms with Crippen molar-refractivity contribution >= 4 is 82.7 Å². The maximum absolute atomic E-state index is 14.3. The summed E-state index contributed by atoms with van der Waals surface area (Å²) in [7, 11) is 0. The Bertz CT molecular complexity index is 2940. The van der Waals surface area contributed by atoms with E-state index in [2.05, 4.69) is 57.8 Å². The number of aromatic nitrogens is 2. The zero-order valence-electron chi connectivity index (χ0n) is 46.7. The minimum atomic E-state index is -1.95. The van der Waals surface area contributed by atoms with E-state index in [1.54, 1.807) is 66.9 Å². The smallest absolute Gasteiger partial charge is 0.326 e. The van der Waals surface area contributed by atoms with Crippen LogP contribution in [0.15, 0.2) is 97.5 Å². The average molecular weight is 1200 g/mol. The second kappa shape index (κ2) is 34.2. The molecule has 0 aliphatic carbocycles. The number of imidazole rings is 1. The van der Waals surface area contributed by atoms with Crippen LogP contribution < -0.4 is 65.1 Å². The molecule has 10 atom stereocenters. The number of thioether (sulfide) groups is 1. The molecule has 458 valence electrons. The number of nitrogens with one attached hydrogen (secondary N) is 10. The van der Waals surface area contributed by atoms with Crippen LogP contribution >= 0.6 is 11.8 Å². The van der Waals surface area contributed by atoms with Crippen LogP contribution in [0.3, 0.4) is 0 Å². The van der Waals surface area contributed by atoms with Gasteiger partial charge in [-0.3, -0.25) is 52.7 Å². The number of aliphatic hydroxyl groups excluding tert-OH is 1. The molecule has 0 spiro atoms. The Morgan fingerprint density at radius 3 is 1.41 bits per heavy atom. The first-order valence-electron chi connectivity index (χ1n) is 26.6. The van der Waals surface area contributed by atoms with Gasteiger partial charge < -0.3 is 85.4 Å². The van der Waals surface area contributed by atoms with Crippen LogP contribution in [0.1, 0.15) is 55.5 Å². The predicted molar refractivity (Wildman–Crippen MR) is 306 cm³/mol. The molecule has 0 bridgehead atoms. The van der Waals surface area contributed by atoms with Gasteiger partial charge in [-0.15, -0.1) is 0 Å². The average Bonchev–Trinajstić information content (AvgIpc) is 4.17. The van der Waals surface area contributed by atoms with Gasteiger partial charge in [-0.05, 0) is 61.1 Å². The number of benzene rings is 3. The molecule has 0 aliphatic heterocycles. The number of amides is 11. The summed E-state index contributed by atoms with van der Waals surface area (Å²) in [6.45, 7) is 1.87. The van der Waals surface area contributed by atoms with Crippen molar-refractivity contribution in [1.82, 2.24) is 57.8 Å². The van der Waals surface area contributed by atoms with E-state index in [0.717, 1.165) is 6.92 Å². The van der Waals surface area contributed by atoms with Gasteiger partial charge >= 0.3 is 5.97 Å². The lowest BCUT2D eigenvalue weighted by Gasteiger charge is -2.28. The molecular weight excluding hydrogens is 1130 g/mol. The molecule has 0 saturated heterocycles. The van der Waals surface area contributed by atoms with Gasteiger partial charge in [0.25, 0.3) is 0 Å². The van der Waals surface area contributed by atoms with E-state index >= 15 is 0 Å². The Morgan fingerprint density at radius 1 is 0.529 bits per heavy atom. The number of phenolic OH excluding ortho intramolecular Hbond substituents is 1. The summed E-state index contributed by atoms with van der Waals surface area (Å²) in [5.41, 5.74) is 18.3. The number of aromatic amines is 1. The molecule has 0 fully saturated rings. The lowest BCUT2D eigenvalue weighted by molar-refractivity contribution is -0.142. The first-order valence-corrected chi connectivity index (χ1v) is 28.0. The number of hydrogen-bond donors (Lipinski definition) is 16. The molecule has 11 amide bonds. The van der Waals surface area contributed by atoms with Gasteiger partial charge in [0.1, 0.15) is 60.1 Å². The van der Waals surface area contributed by atoms with Crippen LogP contribution in [-0.2, 0) is 83.2 Å². The molecule has 29 nitrogen and oxygen atoms in total. The van der Waals surface area contributed by atoms with Crippen molar-refractivity contribution in [2.24, 2.45) is 17.2 Å². The van der Waals surface area contributed by atoms with Gasteiger partial charge in [0, 0.05) is 37.6 Å². The molecule has 4 aromatic rings. The maximum Gasteiger partial charge on any atom is 0.326 e. The van der Waals surface area contributed by atoms with Crippen molar-refractivity contribution in [3.8, 4) is 5.75 Å². The lowest BCUT2D eigenvalue weighted by Crippen LogP contribution is -2.62. The Balaban J connectivity index is 1.56. The molecule has 0 unspecified atom stereocenters. The van der Waals surface area contributed by atoms with Gasteiger partial charge in [-0.25, -0.2) is 9.78 Å². The molecule has 30 heteroatoms. The summed E-state index contributed by atoms with van der Waals surface area (Å²) in [5.74, 6) is -12.4. The highest BCUT2D eigenvalue weighted by atomic mass is 32.2. The van der Waals surface area contributed by atoms with E-state index in [0.29, 0.717) is 28.1 Å². The van der Waals surface area contributed by atoms with E-state index < -0.39 is 151 Å². The second-order valence-corrected chi connectivity index (χ2v) is 20.6. The van der Waals surface area contributed by atoms with Crippen molar-refractivity contribution in [3.05, 3.63) is 120 Å². The highest BCUT2D eigenvalue weighted by molar-refractivity contribution is 7.98. The molecule has 19 N–H and O–H groups in total. The van der Waals surface area contributed by atoms with Crippen molar-refractivity contribution in [1.29, 1.82) is 0 Å². The molecule has 3 aromatic carbocycles. The minimum absolute atomic E-state index is 0.0488. The first kappa shape index (κ1) is 68.1. The number of aliphatic hydroxyl groups is 1. The number of carboxylic acid groups (broad SMARTS) is 1. The number of carbonyl (C=O) groups excluding carboxylic acids is 11. The molecular formula is C55H72N14O15S. The summed E-state index contributed by atoms with van der Waals surface area (Å²) in [6.07, 6.45) is 0.176. The fourth-order valence-corrected chi connectivity index (χ4v) is 8.75. The van der Waals surface area contributed by atoms with Crippen molar-refractivity contribution in [2.75, 3.05) is 18.6 Å². The van der Waals surface area contributed by atoms with Crippen LogP contribution in [0.4, 0.5) is 0 Å². The predicted octanol–water partition coefficient (Wildman–Crippen LogP) is -4.30. The topological polar surface area (TPSA) is 481 Å². The number of primary amides is 2. The molecule has 0 aliphatic rings. The summed E-state index contributed by atoms with van der Waals surface area (Å²) >= 11 is 1.34. The number of aromatic hydroxyl groups is 1. The number of nitrogens with two attached hydrogens (primary N) is 3. The van der Waals surface area contributed by atoms with Crippen LogP contribution in [0.2, 0.25) is 0 Å². The number of H-pyrrole nitrogens is 1. The molecule has 4 rings (SSSR count). The third kappa shape index (κ3) is 23.4. The van der Waals surface area contributed by atoms with Crippen LogP contribution in [0, 0.1) is 0 Å². The summed E-state index contributed by atoms with van der Waals surface area (Å²) < 4.78 is 0. The standard InChI is InChI=1S/C55H72N14O15S/c1-29(47(75)63-36(18-19-85-3)48(76)68-42(55(83)84)23-34-27-59-28-60-34)61-49(77)38(22-33-14-16-35(71)17-15-33)67-54(82)46(30(2)70)69-53(81)41(25-44(58)73)66-51(79)39(21-32-12-8-5-9-13-32)64-52(80)40(24-43(57)72)65-50(78)37(62-45(74)26-56)20-31-10-6-4-7-11-31/h4-17,27-30,36-42,46,70-71H,18-26,56H2,1-3H3,(H2,57,72)(H2,58,73)(H,59,60)(H,61,77)(H,62,74)(H,63,75)(H,64,80)(H,65,78)(H,66,79)(H,67,82)(H,68,76)(H,69,81)(H,83,84)/t29-,30+,36-,37-,38-,39-,40-,41-,42-,46-/m0/s1. The SMILES string of the molecule is CSCC[C@H](NC(=O)[C@H](C)NC(=O)[C@H](Cc1ccc(O)cc1)NC(=O)[C@@H](NC(=O)[C@H](CC(N)=O)NC(=O)[C@H](Cc1ccccc1)NC(=O)[C@H](CC(N)=O)NC(=O)[C@H](Cc1ccccc1)NC(=O)CN)[C@@H](C)O)C(=O)N[C@@H](Cc1cnc[nH]1)C(=O)O. The highest BCUT2D eigenvalue weighted by Gasteiger charge is 2.37. The van der Waals surface area contributed by atoms with Crippen molar-refractivity contribution < 1.29 is 72.9 Å². The van der Waals surface area contributed by atoms with E-state index in [9.17, 15) is 72.9 Å². The minimum Gasteiger partial charge on any atom is -0.508 e. The van der Waals surface area contributed by atoms with Crippen LogP contribution in [0.25, 0.3) is 0 Å². The Morgan fingerprint density at radius 2 is 0.953 bits per heavy atom. The Kier molecular flexibility index (Phi) is 27.4. The maximum atomic E-state index is 14.3. The number of rotatable bonds is 35. The van der Waals surface area contributed by atoms with Crippen molar-refractivity contribution in [3.63, 3.8) is 0 Å². The van der Waals surface area contributed by atoms with Gasteiger partial charge in [0.15, 0.2) is 0 Å². The van der Waals surface area contributed by atoms with E-state index in [1.807, 2.05) is 0 Å². The Labute approximate surface area is 492 Å². The highest BCUT2D eigenvalue weighted by Crippen LogP contribution is 2.14. The Hall–Kier alpha value is -9.42. The number of aliphatic carboxylic acids is 1. The van der Waals surface area contributed by atoms with Gasteiger partial charge in [0.05, 0.1) is 31.8 Å². The van der Waals surface area contributed by atoms with Gasteiger partial charge in [-0.2, -0.15) is 11.8 Å². The molecule has 85 heavy (non-hydrogen) atoms. The number of hydrogen-bond acceptors (Lipinski definition) is 17. The normalized spacial score (nSPS) is 14.5. The number of carboxylic acids is 1. The van der Waals surface area contributed by atoms with Gasteiger partial charge in [-0.1, -0.05) is 72.8 Å². The van der Waals surface area contributed by atoms with Gasteiger partial charge in [0.2, 0.25) is 65.0 Å². The molecule has 0 saturated carbocycles. The summed E-state index contributed by atoms with van der Waals surface area (Å²) in [5, 5.41) is 52.5. The fourth-order valence-electron chi connectivity index (χ4n) is 8.28. The second-order valence-electron chi connectivity index (χ2n) is 19.6. The van der Waals surface area contributed by atoms with Crippen molar-refractivity contribution in [2.45, 2.75) is 119 Å². The third-order valence-electron chi connectivity index (χ3n) is 12.8. The molecule has 1 aromatic heterocycles. The number of nitrogens with zero attached hydrogens (tertiary/aromatic N) is 1. The zero-order chi connectivity index (χ0) is 62.8. The first-order chi connectivity index (χ1) is 40.4. The third-order valence-corrected chi connectivity index (χ3v) is 13.4. The van der Waals surface area contributed by atoms with E-state index in [-0.39, 0.29) is 37.9 Å². The summed E-state index contributed by atoms with van der Waals surface area (Å²) in [6, 6.07) is 7.66. The van der Waals surface area contributed by atoms with E-state index in [4.69, 9.17) is 17.2 Å². The fraction of sp³-hybridized carbons (Fsp3) is 0.400.